The Hall–Kier alpha value is -0.930. The van der Waals surface area contributed by atoms with Gasteiger partial charge < -0.3 is 5.32 Å². The molecule has 1 aromatic heterocycles. The van der Waals surface area contributed by atoms with Crippen molar-refractivity contribution in [3.8, 4) is 0 Å². The summed E-state index contributed by atoms with van der Waals surface area (Å²) in [5.74, 6) is 0. The van der Waals surface area contributed by atoms with Crippen molar-refractivity contribution in [1.82, 2.24) is 15.2 Å². The van der Waals surface area contributed by atoms with E-state index in [4.69, 9.17) is 0 Å². The summed E-state index contributed by atoms with van der Waals surface area (Å²) in [6.45, 7) is 4.74. The maximum atomic E-state index is 4.55. The van der Waals surface area contributed by atoms with Gasteiger partial charge in [-0.25, -0.2) is 0 Å². The standard InChI is InChI=1S/C16H25N3/c1-13(14-7-2-4-10-17-14)19-12-5-3-9-16(19)15-8-6-11-18-15/h2,4,7,10,13,15-16,18H,3,5-6,8-9,11-12H2,1H3. The first-order valence-electron chi connectivity index (χ1n) is 7.76. The summed E-state index contributed by atoms with van der Waals surface area (Å²) >= 11 is 0. The van der Waals surface area contributed by atoms with E-state index in [0.29, 0.717) is 18.1 Å². The zero-order chi connectivity index (χ0) is 13.1. The molecule has 2 aliphatic heterocycles. The molecule has 0 aromatic carbocycles. The highest BCUT2D eigenvalue weighted by Gasteiger charge is 2.34. The Balaban J connectivity index is 1.76. The number of piperidine rings is 1. The minimum Gasteiger partial charge on any atom is -0.312 e. The third kappa shape index (κ3) is 2.82. The van der Waals surface area contributed by atoms with E-state index in [0.717, 1.165) is 0 Å². The van der Waals surface area contributed by atoms with E-state index >= 15 is 0 Å². The van der Waals surface area contributed by atoms with E-state index in [9.17, 15) is 0 Å². The van der Waals surface area contributed by atoms with E-state index in [2.05, 4.69) is 34.3 Å². The smallest absolute Gasteiger partial charge is 0.0572 e. The highest BCUT2D eigenvalue weighted by molar-refractivity contribution is 5.09. The van der Waals surface area contributed by atoms with Gasteiger partial charge in [-0.3, -0.25) is 9.88 Å². The highest BCUT2D eigenvalue weighted by atomic mass is 15.2. The van der Waals surface area contributed by atoms with Gasteiger partial charge in [0.15, 0.2) is 0 Å². The van der Waals surface area contributed by atoms with E-state index in [1.165, 1.54) is 50.9 Å². The molecule has 3 heteroatoms. The molecule has 1 aromatic rings. The van der Waals surface area contributed by atoms with Crippen LogP contribution in [0.3, 0.4) is 0 Å². The van der Waals surface area contributed by atoms with E-state index in [1.807, 2.05) is 12.3 Å². The number of likely N-dealkylation sites (tertiary alicyclic amines) is 1. The third-order valence-corrected chi connectivity index (χ3v) is 4.77. The van der Waals surface area contributed by atoms with Crippen molar-refractivity contribution in [2.24, 2.45) is 0 Å². The number of hydrogen-bond donors (Lipinski definition) is 1. The van der Waals surface area contributed by atoms with Crippen molar-refractivity contribution in [3.05, 3.63) is 30.1 Å². The van der Waals surface area contributed by atoms with Gasteiger partial charge in [0.25, 0.3) is 0 Å². The Bertz CT molecular complexity index is 386. The van der Waals surface area contributed by atoms with Crippen LogP contribution in [-0.2, 0) is 0 Å². The lowest BCUT2D eigenvalue weighted by molar-refractivity contribution is 0.0785. The fourth-order valence-electron chi connectivity index (χ4n) is 3.73. The lowest BCUT2D eigenvalue weighted by atomic mass is 9.92. The van der Waals surface area contributed by atoms with Gasteiger partial charge in [0.1, 0.15) is 0 Å². The zero-order valence-electron chi connectivity index (χ0n) is 11.9. The molecular weight excluding hydrogens is 234 g/mol. The van der Waals surface area contributed by atoms with Crippen LogP contribution in [0.25, 0.3) is 0 Å². The molecule has 19 heavy (non-hydrogen) atoms. The normalized spacial score (nSPS) is 30.4. The van der Waals surface area contributed by atoms with Crippen molar-refractivity contribution in [2.45, 2.75) is 57.2 Å². The number of nitrogens with zero attached hydrogens (tertiary/aromatic N) is 2. The third-order valence-electron chi connectivity index (χ3n) is 4.77. The molecule has 2 fully saturated rings. The van der Waals surface area contributed by atoms with E-state index < -0.39 is 0 Å². The van der Waals surface area contributed by atoms with Crippen LogP contribution in [0.4, 0.5) is 0 Å². The average molecular weight is 259 g/mol. The Morgan fingerprint density at radius 1 is 1.26 bits per heavy atom. The maximum Gasteiger partial charge on any atom is 0.0572 e. The van der Waals surface area contributed by atoms with Crippen molar-refractivity contribution in [2.75, 3.05) is 13.1 Å². The van der Waals surface area contributed by atoms with Gasteiger partial charge in [0, 0.05) is 24.3 Å². The number of aromatic nitrogens is 1. The summed E-state index contributed by atoms with van der Waals surface area (Å²) in [7, 11) is 0. The summed E-state index contributed by atoms with van der Waals surface area (Å²) in [4.78, 5) is 7.24. The minimum absolute atomic E-state index is 0.439. The van der Waals surface area contributed by atoms with Gasteiger partial charge in [0.2, 0.25) is 0 Å². The number of hydrogen-bond acceptors (Lipinski definition) is 3. The van der Waals surface area contributed by atoms with Gasteiger partial charge in [-0.1, -0.05) is 12.5 Å². The largest absolute Gasteiger partial charge is 0.312 e. The lowest BCUT2D eigenvalue weighted by Crippen LogP contribution is -2.51. The second-order valence-electron chi connectivity index (χ2n) is 5.93. The van der Waals surface area contributed by atoms with E-state index in [-0.39, 0.29) is 0 Å². The summed E-state index contributed by atoms with van der Waals surface area (Å²) in [5, 5.41) is 3.70. The molecule has 0 radical (unpaired) electrons. The van der Waals surface area contributed by atoms with Gasteiger partial charge in [-0.2, -0.15) is 0 Å². The first-order valence-corrected chi connectivity index (χ1v) is 7.76. The zero-order valence-corrected chi connectivity index (χ0v) is 11.9. The van der Waals surface area contributed by atoms with Crippen LogP contribution in [-0.4, -0.2) is 35.1 Å². The van der Waals surface area contributed by atoms with Crippen molar-refractivity contribution < 1.29 is 0 Å². The Kier molecular flexibility index (Phi) is 4.14. The second-order valence-corrected chi connectivity index (χ2v) is 5.93. The molecule has 3 heterocycles. The Labute approximate surface area is 116 Å². The molecule has 3 rings (SSSR count). The number of pyridine rings is 1. The fourth-order valence-corrected chi connectivity index (χ4v) is 3.73. The average Bonchev–Trinajstić information content (AvgIpc) is 3.01. The van der Waals surface area contributed by atoms with Crippen LogP contribution in [0.1, 0.15) is 50.8 Å². The van der Waals surface area contributed by atoms with Crippen LogP contribution >= 0.6 is 0 Å². The van der Waals surface area contributed by atoms with Gasteiger partial charge in [0.05, 0.1) is 5.69 Å². The number of nitrogens with one attached hydrogen (secondary N) is 1. The quantitative estimate of drug-likeness (QED) is 0.904. The molecule has 2 aliphatic rings. The maximum absolute atomic E-state index is 4.55. The van der Waals surface area contributed by atoms with Crippen LogP contribution in [0.2, 0.25) is 0 Å². The molecule has 0 aliphatic carbocycles. The molecule has 0 amide bonds. The van der Waals surface area contributed by atoms with Crippen molar-refractivity contribution >= 4 is 0 Å². The predicted octanol–water partition coefficient (Wildman–Crippen LogP) is 2.75. The molecule has 3 nitrogen and oxygen atoms in total. The number of rotatable bonds is 3. The molecule has 0 bridgehead atoms. The molecule has 0 spiro atoms. The second kappa shape index (κ2) is 6.02. The van der Waals surface area contributed by atoms with Crippen LogP contribution in [0.5, 0.6) is 0 Å². The van der Waals surface area contributed by atoms with Gasteiger partial charge in [-0.15, -0.1) is 0 Å². The molecular formula is C16H25N3. The lowest BCUT2D eigenvalue weighted by Gasteiger charge is -2.42. The molecule has 3 atom stereocenters. The fraction of sp³-hybridized carbons (Fsp3) is 0.688. The summed E-state index contributed by atoms with van der Waals surface area (Å²) in [6, 6.07) is 8.11. The van der Waals surface area contributed by atoms with Crippen molar-refractivity contribution in [1.29, 1.82) is 0 Å². The Morgan fingerprint density at radius 2 is 2.21 bits per heavy atom. The van der Waals surface area contributed by atoms with Crippen LogP contribution in [0, 0.1) is 0 Å². The van der Waals surface area contributed by atoms with Crippen molar-refractivity contribution in [3.63, 3.8) is 0 Å². The molecule has 3 unspecified atom stereocenters. The molecule has 2 saturated heterocycles. The predicted molar refractivity (Wildman–Crippen MR) is 78.0 cm³/mol. The van der Waals surface area contributed by atoms with Crippen LogP contribution < -0.4 is 5.32 Å². The highest BCUT2D eigenvalue weighted by Crippen LogP contribution is 2.31. The molecule has 0 saturated carbocycles. The monoisotopic (exact) mass is 259 g/mol. The topological polar surface area (TPSA) is 28.2 Å². The SMILES string of the molecule is CC(c1ccccn1)N1CCCCC1C1CCCN1. The summed E-state index contributed by atoms with van der Waals surface area (Å²) < 4.78 is 0. The first kappa shape index (κ1) is 13.1. The summed E-state index contributed by atoms with van der Waals surface area (Å²) in [5.41, 5.74) is 1.22. The van der Waals surface area contributed by atoms with E-state index in [1.54, 1.807) is 0 Å². The minimum atomic E-state index is 0.439. The Morgan fingerprint density at radius 3 is 2.95 bits per heavy atom. The summed E-state index contributed by atoms with van der Waals surface area (Å²) in [6.07, 6.45) is 8.66. The molecule has 1 N–H and O–H groups in total. The van der Waals surface area contributed by atoms with Gasteiger partial charge >= 0.3 is 0 Å². The van der Waals surface area contributed by atoms with Crippen LogP contribution in [0.15, 0.2) is 24.4 Å². The molecule has 104 valence electrons. The first-order chi connectivity index (χ1) is 9.36. The van der Waals surface area contributed by atoms with Gasteiger partial charge in [-0.05, 0) is 57.8 Å².